The molecule has 0 aliphatic carbocycles. The summed E-state index contributed by atoms with van der Waals surface area (Å²) >= 11 is 6.51. The van der Waals surface area contributed by atoms with Crippen molar-refractivity contribution in [2.24, 2.45) is 5.92 Å². The van der Waals surface area contributed by atoms with Crippen molar-refractivity contribution in [2.45, 2.75) is 76.3 Å². The van der Waals surface area contributed by atoms with Crippen LogP contribution in [-0.4, -0.2) is 67.6 Å². The zero-order chi connectivity index (χ0) is 36.0. The number of aliphatic hydroxyl groups excluding tert-OH is 1. The Morgan fingerprint density at radius 1 is 1.08 bits per heavy atom. The third kappa shape index (κ3) is 6.57. The van der Waals surface area contributed by atoms with E-state index in [-0.39, 0.29) is 56.8 Å². The van der Waals surface area contributed by atoms with Gasteiger partial charge in [-0.3, -0.25) is 24.1 Å². The molecule has 1 spiro atoms. The summed E-state index contributed by atoms with van der Waals surface area (Å²) in [5.41, 5.74) is 1.05. The summed E-state index contributed by atoms with van der Waals surface area (Å²) in [5, 5.41) is 10.2. The number of ether oxygens (including phenoxy) is 2. The smallest absolute Gasteiger partial charge is 0.304 e. The lowest BCUT2D eigenvalue weighted by Crippen LogP contribution is -2.54. The monoisotopic (exact) mass is 721 g/mol. The molecule has 2 fully saturated rings. The highest BCUT2D eigenvalue weighted by atomic mass is 35.5. The third-order valence-electron chi connectivity index (χ3n) is 10.0. The molecule has 13 heteroatoms. The van der Waals surface area contributed by atoms with Crippen molar-refractivity contribution < 1.29 is 37.9 Å². The maximum Gasteiger partial charge on any atom is 0.304 e. The summed E-state index contributed by atoms with van der Waals surface area (Å²) in [6.07, 6.45) is -1.59. The maximum atomic E-state index is 16.4. The van der Waals surface area contributed by atoms with Gasteiger partial charge in [-0.05, 0) is 54.6 Å². The predicted molar refractivity (Wildman–Crippen MR) is 188 cm³/mol. The fourth-order valence-corrected chi connectivity index (χ4v) is 10.5. The Labute approximate surface area is 296 Å². The van der Waals surface area contributed by atoms with Gasteiger partial charge in [0, 0.05) is 47.7 Å². The van der Waals surface area contributed by atoms with E-state index in [4.69, 9.17) is 21.1 Å². The van der Waals surface area contributed by atoms with E-state index in [2.05, 4.69) is 0 Å². The van der Waals surface area contributed by atoms with Crippen molar-refractivity contribution in [1.29, 1.82) is 0 Å². The van der Waals surface area contributed by atoms with Gasteiger partial charge in [0.2, 0.25) is 20.2 Å². The Morgan fingerprint density at radius 2 is 1.78 bits per heavy atom. The second-order valence-electron chi connectivity index (χ2n) is 13.8. The number of nitrogens with zero attached hydrogens (tertiary/aromatic N) is 3. The number of amides is 3. The van der Waals surface area contributed by atoms with E-state index < -0.39 is 43.8 Å². The molecule has 0 aromatic heterocycles. The highest BCUT2D eigenvalue weighted by Gasteiger charge is 2.67. The zero-order valence-corrected chi connectivity index (χ0v) is 30.2. The molecule has 3 aliphatic heterocycles. The van der Waals surface area contributed by atoms with Crippen LogP contribution in [0, 0.1) is 5.92 Å². The highest BCUT2D eigenvalue weighted by Crippen LogP contribution is 2.60. The van der Waals surface area contributed by atoms with E-state index >= 15 is 4.11 Å². The Bertz CT molecular complexity index is 1790. The number of carbonyl (C=O) groups excluding carboxylic acids is 4. The Kier molecular flexibility index (Phi) is 9.93. The van der Waals surface area contributed by atoms with Gasteiger partial charge in [-0.1, -0.05) is 61.0 Å². The minimum Gasteiger partial charge on any atom is -0.441 e. The first-order chi connectivity index (χ1) is 23.7. The molecule has 3 aromatic rings. The summed E-state index contributed by atoms with van der Waals surface area (Å²) in [6.45, 7) is 6.56. The van der Waals surface area contributed by atoms with Gasteiger partial charge in [-0.15, -0.1) is 0 Å². The number of rotatable bonds is 11. The summed E-state index contributed by atoms with van der Waals surface area (Å²) < 4.78 is 28.3. The average Bonchev–Trinajstić information content (AvgIpc) is 3.47. The standard InChI is InChI=1S/C37H41ClFN3O7Si/c1-23-35(50(3,4)39)31(19-32(45)40(16-17-43)21-25-8-6-5-7-9-25)49-37(23)29-18-27(38)12-15-30(29)41(36(37)47)22-26-10-13-28(14-11-26)42-33(46)20-34(42)48-24(2)44/h5-15,18,23,31,34-35,43H,16-17,19-22H2,1-4H3/t23-,31+,34?,35-,37+/m1/s1. The van der Waals surface area contributed by atoms with Crippen LogP contribution in [0.5, 0.6) is 0 Å². The van der Waals surface area contributed by atoms with E-state index in [1.54, 1.807) is 60.5 Å². The van der Waals surface area contributed by atoms with Crippen LogP contribution >= 0.6 is 11.6 Å². The molecular weight excluding hydrogens is 681 g/mol. The minimum absolute atomic E-state index is 0.0997. The van der Waals surface area contributed by atoms with Crippen molar-refractivity contribution in [2.75, 3.05) is 23.0 Å². The van der Waals surface area contributed by atoms with E-state index in [9.17, 15) is 24.3 Å². The summed E-state index contributed by atoms with van der Waals surface area (Å²) in [5.74, 6) is -1.94. The molecular formula is C37H41ClFN3O7Si. The second-order valence-corrected chi connectivity index (χ2v) is 18.0. The quantitative estimate of drug-likeness (QED) is 0.117. The summed E-state index contributed by atoms with van der Waals surface area (Å²) in [7, 11) is -3.55. The van der Waals surface area contributed by atoms with Crippen LogP contribution in [0.2, 0.25) is 23.7 Å². The SMILES string of the molecule is CC(=O)OC1CC(=O)N1c1ccc(CN2C(=O)[C@@]3(O[C@@H](CC(=O)N(CCO)Cc4ccccc4)[C@H]([Si](C)(C)F)[C@H]3C)c3cc(Cl)ccc32)cc1. The van der Waals surface area contributed by atoms with Crippen molar-refractivity contribution in [1.82, 2.24) is 4.90 Å². The zero-order valence-electron chi connectivity index (χ0n) is 28.5. The molecule has 6 rings (SSSR count). The molecule has 1 N–H and O–H groups in total. The molecule has 5 atom stereocenters. The van der Waals surface area contributed by atoms with Crippen molar-refractivity contribution >= 4 is 55.1 Å². The van der Waals surface area contributed by atoms with Crippen LogP contribution < -0.4 is 9.80 Å². The molecule has 3 amide bonds. The topological polar surface area (TPSA) is 117 Å². The first-order valence-electron chi connectivity index (χ1n) is 16.7. The van der Waals surface area contributed by atoms with Gasteiger partial charge in [-0.25, -0.2) is 0 Å². The lowest BCUT2D eigenvalue weighted by Gasteiger charge is -2.39. The number of anilines is 2. The number of carbonyl (C=O) groups is 4. The number of esters is 1. The van der Waals surface area contributed by atoms with Crippen LogP contribution in [0.4, 0.5) is 15.5 Å². The number of hydrogen-bond donors (Lipinski definition) is 1. The van der Waals surface area contributed by atoms with Crippen LogP contribution in [0.3, 0.4) is 0 Å². The predicted octanol–water partition coefficient (Wildman–Crippen LogP) is 5.70. The number of β-lactam (4-membered cyclic amide) rings is 1. The van der Waals surface area contributed by atoms with Crippen LogP contribution in [0.1, 0.15) is 43.4 Å². The molecule has 2 saturated heterocycles. The number of fused-ring (bicyclic) bond motifs is 2. The van der Waals surface area contributed by atoms with Crippen molar-refractivity contribution in [3.8, 4) is 0 Å². The molecule has 0 radical (unpaired) electrons. The fraction of sp³-hybridized carbons (Fsp3) is 0.405. The Hall–Kier alpha value is -4.10. The van der Waals surface area contributed by atoms with Gasteiger partial charge < -0.3 is 28.5 Å². The molecule has 264 valence electrons. The molecule has 3 aromatic carbocycles. The van der Waals surface area contributed by atoms with Crippen molar-refractivity contribution in [3.05, 3.63) is 94.5 Å². The molecule has 3 aliphatic rings. The minimum atomic E-state index is -3.55. The van der Waals surface area contributed by atoms with Gasteiger partial charge in [0.1, 0.15) is 0 Å². The normalized spacial score (nSPS) is 24.4. The summed E-state index contributed by atoms with van der Waals surface area (Å²) in [4.78, 5) is 56.9. The van der Waals surface area contributed by atoms with Gasteiger partial charge in [0.25, 0.3) is 5.91 Å². The molecule has 0 saturated carbocycles. The van der Waals surface area contributed by atoms with Gasteiger partial charge in [0.05, 0.1) is 37.8 Å². The number of halogens is 2. The Morgan fingerprint density at radius 3 is 2.40 bits per heavy atom. The number of benzene rings is 3. The second kappa shape index (κ2) is 13.9. The van der Waals surface area contributed by atoms with E-state index in [0.29, 0.717) is 22.0 Å². The molecule has 3 heterocycles. The Balaban J connectivity index is 1.29. The fourth-order valence-electron chi connectivity index (χ4n) is 7.82. The highest BCUT2D eigenvalue weighted by molar-refractivity contribution is 6.72. The lowest BCUT2D eigenvalue weighted by atomic mass is 9.82. The maximum absolute atomic E-state index is 16.4. The molecule has 10 nitrogen and oxygen atoms in total. The summed E-state index contributed by atoms with van der Waals surface area (Å²) in [6, 6.07) is 21.6. The van der Waals surface area contributed by atoms with E-state index in [1.807, 2.05) is 37.3 Å². The molecule has 50 heavy (non-hydrogen) atoms. The third-order valence-corrected chi connectivity index (χ3v) is 12.7. The number of hydrogen-bond acceptors (Lipinski definition) is 7. The van der Waals surface area contributed by atoms with Gasteiger partial charge in [-0.2, -0.15) is 0 Å². The molecule has 0 bridgehead atoms. The largest absolute Gasteiger partial charge is 0.441 e. The first kappa shape index (κ1) is 35.7. The van der Waals surface area contributed by atoms with E-state index in [1.165, 1.54) is 16.7 Å². The van der Waals surface area contributed by atoms with Gasteiger partial charge in [0.15, 0.2) is 11.8 Å². The van der Waals surface area contributed by atoms with Crippen LogP contribution in [-0.2, 0) is 47.3 Å². The average molecular weight is 722 g/mol. The van der Waals surface area contributed by atoms with Gasteiger partial charge >= 0.3 is 5.97 Å². The lowest BCUT2D eigenvalue weighted by molar-refractivity contribution is -0.154. The first-order valence-corrected chi connectivity index (χ1v) is 20.1. The van der Waals surface area contributed by atoms with Crippen LogP contribution in [0.25, 0.3) is 0 Å². The number of aliphatic hydroxyl groups is 1. The van der Waals surface area contributed by atoms with Crippen LogP contribution in [0.15, 0.2) is 72.8 Å². The van der Waals surface area contributed by atoms with E-state index in [0.717, 1.165) is 11.1 Å². The molecule has 1 unspecified atom stereocenters. The van der Waals surface area contributed by atoms with Crippen molar-refractivity contribution in [3.63, 3.8) is 0 Å².